The molecule has 1 saturated heterocycles. The van der Waals surface area contributed by atoms with Gasteiger partial charge < -0.3 is 54.5 Å². The second kappa shape index (κ2) is 19.3. The zero-order chi connectivity index (χ0) is 45.9. The molecule has 16 heteroatoms. The molecular weight excluding hydrogens is 815 g/mol. The highest BCUT2D eigenvalue weighted by Crippen LogP contribution is 2.49. The number of morpholine rings is 1. The first-order chi connectivity index (χ1) is 29.9. The van der Waals surface area contributed by atoms with Crippen LogP contribution in [0.4, 0.5) is 4.79 Å². The second-order valence-electron chi connectivity index (χ2n) is 16.7. The number of aliphatic hydroxyl groups excluding tert-OH is 2. The fourth-order valence-electron chi connectivity index (χ4n) is 8.51. The Morgan fingerprint density at radius 2 is 1.60 bits per heavy atom. The van der Waals surface area contributed by atoms with Crippen LogP contribution < -0.4 is 15.4 Å². The van der Waals surface area contributed by atoms with Crippen molar-refractivity contribution in [3.8, 4) is 11.5 Å². The number of nitrogens with one attached hydrogen (secondary N) is 2. The molecule has 63 heavy (non-hydrogen) atoms. The Bertz CT molecular complexity index is 2240. The van der Waals surface area contributed by atoms with Gasteiger partial charge in [0.15, 0.2) is 0 Å². The molecule has 1 aliphatic carbocycles. The van der Waals surface area contributed by atoms with Gasteiger partial charge >= 0.3 is 11.9 Å². The van der Waals surface area contributed by atoms with Crippen LogP contribution in [-0.4, -0.2) is 113 Å². The molecule has 4 aliphatic heterocycles. The lowest BCUT2D eigenvalue weighted by Crippen LogP contribution is -2.47. The number of hydrogen-bond donors (Lipinski definition) is 5. The van der Waals surface area contributed by atoms with Gasteiger partial charge in [-0.25, -0.2) is 4.79 Å². The van der Waals surface area contributed by atoms with Crippen molar-refractivity contribution in [2.75, 3.05) is 33.4 Å². The summed E-state index contributed by atoms with van der Waals surface area (Å²) in [6.07, 6.45) is 2.44. The first-order valence-electron chi connectivity index (χ1n) is 21.1. The van der Waals surface area contributed by atoms with E-state index >= 15 is 0 Å². The molecule has 7 rings (SSSR count). The number of phenolic OH excluding ortho intramolecular Hbond substituents is 1. The molecule has 0 radical (unpaired) electrons. The molecule has 1 fully saturated rings. The molecule has 2 aromatic carbocycles. The van der Waals surface area contributed by atoms with E-state index in [1.807, 2.05) is 30.3 Å². The number of amides is 2. The van der Waals surface area contributed by atoms with E-state index in [9.17, 15) is 39.3 Å². The van der Waals surface area contributed by atoms with Crippen LogP contribution in [-0.2, 0) is 30.3 Å². The van der Waals surface area contributed by atoms with Gasteiger partial charge in [-0.15, -0.1) is 0 Å². The monoisotopic (exact) mass is 871 g/mol. The van der Waals surface area contributed by atoms with E-state index in [1.54, 1.807) is 44.7 Å². The van der Waals surface area contributed by atoms with Crippen LogP contribution in [0.3, 0.4) is 0 Å². The van der Waals surface area contributed by atoms with Crippen LogP contribution in [0.25, 0.3) is 0 Å². The van der Waals surface area contributed by atoms with Gasteiger partial charge in [-0.2, -0.15) is 0 Å². The maximum atomic E-state index is 14.8. The molecule has 5 N–H and O–H groups in total. The summed E-state index contributed by atoms with van der Waals surface area (Å²) in [6.45, 7) is 12.1. The van der Waals surface area contributed by atoms with E-state index < -0.39 is 94.5 Å². The van der Waals surface area contributed by atoms with Crippen molar-refractivity contribution in [1.82, 2.24) is 15.5 Å². The number of Topliss-reactive ketones (excluding diaryl/α,β-unsaturated/α-hetero) is 3. The van der Waals surface area contributed by atoms with Crippen molar-refractivity contribution in [1.29, 1.82) is 0 Å². The Morgan fingerprint density at radius 3 is 2.27 bits per heavy atom. The summed E-state index contributed by atoms with van der Waals surface area (Å²) in [4.78, 5) is 72.5. The highest BCUT2D eigenvalue weighted by molar-refractivity contribution is 6.32. The standard InChI is InChI=1S/C47H57N3O13/c1-24-13-12-14-25(2)45(57)49-35-36(50-18-21-60-22-19-50)41(55)32-33(40(35)54)39(53)29(6)43-34(32)44(56)47(7,63-43)61-20-17-31(59-8)26(3)42(28(5)38(52)27(4)37(24)51)62-46(58)48-23-30-15-10-9-11-16-30/h9-17,20,24,26-28,31,37-38,42,51-53H,18-19,21-23H2,1-8H3,(H,48,58)(H,49,57)/t24-,26+,27+,28+,31-,37-,38+,42+,47-/m0/s1. The molecule has 16 nitrogen and oxygen atoms in total. The van der Waals surface area contributed by atoms with Gasteiger partial charge in [0.05, 0.1) is 54.5 Å². The third kappa shape index (κ3) is 9.30. The number of phenols is 1. The molecule has 5 bridgehead atoms. The van der Waals surface area contributed by atoms with Gasteiger partial charge in [-0.05, 0) is 25.5 Å². The number of aliphatic hydroxyl groups is 2. The van der Waals surface area contributed by atoms with E-state index in [0.717, 1.165) is 5.56 Å². The number of aromatic hydroxyl groups is 1. The lowest BCUT2D eigenvalue weighted by atomic mass is 9.78. The van der Waals surface area contributed by atoms with E-state index in [4.69, 9.17) is 23.7 Å². The topological polar surface area (TPSA) is 219 Å². The summed E-state index contributed by atoms with van der Waals surface area (Å²) < 4.78 is 29.5. The third-order valence-electron chi connectivity index (χ3n) is 12.5. The van der Waals surface area contributed by atoms with Crippen molar-refractivity contribution < 1.29 is 63.0 Å². The molecule has 0 spiro atoms. The zero-order valence-electron chi connectivity index (χ0n) is 36.8. The first-order valence-corrected chi connectivity index (χ1v) is 21.1. The average molecular weight is 872 g/mol. The molecule has 0 aromatic heterocycles. The quantitative estimate of drug-likeness (QED) is 0.276. The van der Waals surface area contributed by atoms with Gasteiger partial charge in [0.25, 0.3) is 11.7 Å². The fraction of sp³-hybridized carbons (Fsp3) is 0.468. The van der Waals surface area contributed by atoms with Crippen molar-refractivity contribution in [3.63, 3.8) is 0 Å². The molecule has 2 aromatic rings. The summed E-state index contributed by atoms with van der Waals surface area (Å²) in [5.74, 6) is -8.80. The lowest BCUT2D eigenvalue weighted by molar-refractivity contribution is -0.116. The second-order valence-corrected chi connectivity index (χ2v) is 16.7. The van der Waals surface area contributed by atoms with Gasteiger partial charge in [0, 0.05) is 68.5 Å². The Morgan fingerprint density at radius 1 is 0.921 bits per heavy atom. The molecule has 338 valence electrons. The summed E-state index contributed by atoms with van der Waals surface area (Å²) in [5, 5.41) is 40.2. The fourth-order valence-corrected chi connectivity index (χ4v) is 8.51. The van der Waals surface area contributed by atoms with Crippen LogP contribution in [0.5, 0.6) is 11.5 Å². The number of fused-ring (bicyclic) bond motifs is 14. The minimum absolute atomic E-state index is 0.00575. The number of hydrogen-bond acceptors (Lipinski definition) is 14. The number of rotatable bonds is 5. The number of methoxy groups -OCH3 is 1. The Balaban J connectivity index is 1.43. The number of nitrogens with zero attached hydrogens (tertiary/aromatic N) is 1. The third-order valence-corrected chi connectivity index (χ3v) is 12.5. The van der Waals surface area contributed by atoms with Crippen molar-refractivity contribution >= 4 is 29.4 Å². The number of ketones is 3. The molecule has 5 aliphatic rings. The summed E-state index contributed by atoms with van der Waals surface area (Å²) in [5.41, 5.74) is -0.683. The number of allylic oxidation sites excluding steroid dienone is 4. The van der Waals surface area contributed by atoms with Gasteiger partial charge in [-0.3, -0.25) is 19.2 Å². The van der Waals surface area contributed by atoms with Crippen LogP contribution in [0.15, 0.2) is 77.9 Å². The smallest absolute Gasteiger partial charge is 0.407 e. The van der Waals surface area contributed by atoms with Crippen LogP contribution in [0.2, 0.25) is 0 Å². The Kier molecular flexibility index (Phi) is 14.3. The normalized spacial score (nSPS) is 29.5. The zero-order valence-corrected chi connectivity index (χ0v) is 36.8. The molecular formula is C47H57N3O13. The van der Waals surface area contributed by atoms with Gasteiger partial charge in [0.1, 0.15) is 29.0 Å². The van der Waals surface area contributed by atoms with E-state index in [0.29, 0.717) is 0 Å². The Labute approximate surface area is 366 Å². The minimum atomic E-state index is -2.10. The van der Waals surface area contributed by atoms with E-state index in [1.165, 1.54) is 46.3 Å². The largest absolute Gasteiger partial charge is 0.507 e. The number of alkyl carbamates (subject to hydrolysis) is 1. The van der Waals surface area contributed by atoms with E-state index in [2.05, 4.69) is 10.6 Å². The van der Waals surface area contributed by atoms with Crippen molar-refractivity contribution in [3.05, 3.63) is 106 Å². The predicted octanol–water partition coefficient (Wildman–Crippen LogP) is 4.65. The molecule has 0 saturated carbocycles. The van der Waals surface area contributed by atoms with Gasteiger partial charge in [-0.1, -0.05) is 76.3 Å². The summed E-state index contributed by atoms with van der Waals surface area (Å²) >= 11 is 0. The van der Waals surface area contributed by atoms with Crippen molar-refractivity contribution in [2.24, 2.45) is 23.7 Å². The predicted molar refractivity (Wildman–Crippen MR) is 229 cm³/mol. The molecule has 0 unspecified atom stereocenters. The maximum absolute atomic E-state index is 14.8. The van der Waals surface area contributed by atoms with Crippen LogP contribution in [0, 0.1) is 30.6 Å². The number of ether oxygens (including phenoxy) is 5. The van der Waals surface area contributed by atoms with Crippen LogP contribution >= 0.6 is 0 Å². The highest BCUT2D eigenvalue weighted by atomic mass is 16.7. The Hall–Kier alpha value is -5.81. The summed E-state index contributed by atoms with van der Waals surface area (Å²) in [7, 11) is 1.43. The number of carbonyl (C=O) groups excluding carboxylic acids is 5. The van der Waals surface area contributed by atoms with E-state index in [-0.39, 0.29) is 72.3 Å². The van der Waals surface area contributed by atoms with Crippen LogP contribution in [0.1, 0.15) is 83.7 Å². The summed E-state index contributed by atoms with van der Waals surface area (Å²) in [6, 6.07) is 9.24. The highest BCUT2D eigenvalue weighted by Gasteiger charge is 2.53. The minimum Gasteiger partial charge on any atom is -0.507 e. The SMILES string of the molecule is CO[C@H]1C=CO[C@@]2(C)Oc3c(C)c(O)c4c(c3C2=O)C(=O)C(N2CCOCC2)=C(NC(=O)C(C)=CC=C[C@H](C)[C@H](O)[C@@H](C)[C@@H](O)[C@@H](C)[C@H](OC(=O)NCc2ccccc2)[C@@H]1C)C4=O. The first kappa shape index (κ1) is 46.7. The lowest BCUT2D eigenvalue weighted by Gasteiger charge is -2.38. The molecule has 4 heterocycles. The number of benzene rings is 2. The molecule has 2 amide bonds. The van der Waals surface area contributed by atoms with Crippen molar-refractivity contribution in [2.45, 2.75) is 85.2 Å². The average Bonchev–Trinajstić information content (AvgIpc) is 3.54. The maximum Gasteiger partial charge on any atom is 0.407 e. The van der Waals surface area contributed by atoms with Gasteiger partial charge in [0.2, 0.25) is 11.6 Å². The molecule has 9 atom stereocenters. The number of carbonyl (C=O) groups is 5.